The number of nitrogens with zero attached hydrogens (tertiary/aromatic N) is 5. The maximum absolute atomic E-state index is 12.3. The third-order valence-corrected chi connectivity index (χ3v) is 4.66. The standard InChI is InChI=1S/C9H7N5O6S2.Na/c15-9-13-1-4(14(9)20-22(16,17)18)7-5(10-3-21-7)6(13)8-12-11-2-19-8;/h2-4,6H,1H2,(H,16,17,18);/q;+1/p-1/t4-,6+;/m1./s1. The van der Waals surface area contributed by atoms with Crippen LogP contribution in [-0.2, 0) is 14.7 Å². The Balaban J connectivity index is 0.00000156. The van der Waals surface area contributed by atoms with Crippen molar-refractivity contribution in [2.24, 2.45) is 0 Å². The summed E-state index contributed by atoms with van der Waals surface area (Å²) in [6, 6.07) is -2.24. The maximum atomic E-state index is 12.3. The summed E-state index contributed by atoms with van der Waals surface area (Å²) < 4.78 is 41.9. The second-order valence-electron chi connectivity index (χ2n) is 4.54. The molecule has 2 aliphatic rings. The predicted molar refractivity (Wildman–Crippen MR) is 65.7 cm³/mol. The number of hydroxylamine groups is 2. The fraction of sp³-hybridized carbons (Fsp3) is 0.333. The van der Waals surface area contributed by atoms with E-state index in [9.17, 15) is 17.8 Å². The first kappa shape index (κ1) is 16.8. The van der Waals surface area contributed by atoms with Crippen LogP contribution in [0.5, 0.6) is 0 Å². The Labute approximate surface area is 155 Å². The van der Waals surface area contributed by atoms with E-state index >= 15 is 0 Å². The molecule has 0 N–H and O–H groups in total. The number of rotatable bonds is 3. The molecule has 0 spiro atoms. The van der Waals surface area contributed by atoms with E-state index in [0.717, 1.165) is 6.39 Å². The molecule has 2 aromatic rings. The zero-order valence-corrected chi connectivity index (χ0v) is 15.2. The summed E-state index contributed by atoms with van der Waals surface area (Å²) >= 11 is 1.22. The number of hydrogen-bond donors (Lipinski definition) is 0. The number of thiazole rings is 1. The molecule has 14 heteroatoms. The molecule has 116 valence electrons. The maximum Gasteiger partial charge on any atom is 1.00 e. The molecule has 2 bridgehead atoms. The molecular formula is C9H6N5NaO6S2. The summed E-state index contributed by atoms with van der Waals surface area (Å²) in [4.78, 5) is 18.4. The minimum absolute atomic E-state index is 0. The van der Waals surface area contributed by atoms with E-state index in [0.29, 0.717) is 15.6 Å². The molecule has 0 aromatic carbocycles. The van der Waals surface area contributed by atoms with E-state index in [2.05, 4.69) is 19.5 Å². The van der Waals surface area contributed by atoms with E-state index in [-0.39, 0.29) is 42.0 Å². The molecule has 0 saturated carbocycles. The normalized spacial score (nSPS) is 22.9. The largest absolute Gasteiger partial charge is 1.00 e. The Morgan fingerprint density at radius 1 is 1.48 bits per heavy atom. The van der Waals surface area contributed by atoms with E-state index in [4.69, 9.17) is 4.42 Å². The van der Waals surface area contributed by atoms with Crippen LogP contribution in [0.15, 0.2) is 16.3 Å². The van der Waals surface area contributed by atoms with Crippen LogP contribution >= 0.6 is 11.3 Å². The van der Waals surface area contributed by atoms with Gasteiger partial charge in [-0.15, -0.1) is 21.5 Å². The van der Waals surface area contributed by atoms with Crippen molar-refractivity contribution in [3.8, 4) is 0 Å². The summed E-state index contributed by atoms with van der Waals surface area (Å²) in [6.45, 7) is 0.122. The van der Waals surface area contributed by atoms with Crippen molar-refractivity contribution in [1.82, 2.24) is 25.1 Å². The Hall–Kier alpha value is -1.09. The number of urea groups is 1. The van der Waals surface area contributed by atoms with E-state index in [1.807, 2.05) is 0 Å². The predicted octanol–water partition coefficient (Wildman–Crippen LogP) is -3.20. The minimum Gasteiger partial charge on any atom is -0.724 e. The average molecular weight is 367 g/mol. The zero-order chi connectivity index (χ0) is 15.5. The van der Waals surface area contributed by atoms with Gasteiger partial charge < -0.3 is 13.9 Å². The molecule has 0 unspecified atom stereocenters. The Kier molecular flexibility index (Phi) is 4.20. The van der Waals surface area contributed by atoms with E-state index in [1.54, 1.807) is 5.51 Å². The average Bonchev–Trinajstić information content (AvgIpc) is 3.15. The molecule has 0 aliphatic carbocycles. The van der Waals surface area contributed by atoms with Gasteiger partial charge in [-0.2, -0.15) is 9.35 Å². The molecule has 11 nitrogen and oxygen atoms in total. The SMILES string of the molecule is O=C1N2C[C@H](c3scnc3[C@H]2c2nnco2)N1OS(=O)(=O)[O-].[Na+]. The third kappa shape index (κ3) is 2.67. The molecule has 1 saturated heterocycles. The van der Waals surface area contributed by atoms with Crippen molar-refractivity contribution >= 4 is 27.8 Å². The second kappa shape index (κ2) is 5.77. The van der Waals surface area contributed by atoms with Crippen LogP contribution in [0.25, 0.3) is 0 Å². The minimum atomic E-state index is -5.07. The van der Waals surface area contributed by atoms with Crippen molar-refractivity contribution in [1.29, 1.82) is 0 Å². The second-order valence-corrected chi connectivity index (χ2v) is 6.39. The van der Waals surface area contributed by atoms with Gasteiger partial charge >= 0.3 is 35.6 Å². The van der Waals surface area contributed by atoms with E-state index < -0.39 is 28.5 Å². The van der Waals surface area contributed by atoms with Gasteiger partial charge in [-0.3, -0.25) is 0 Å². The third-order valence-electron chi connectivity index (χ3n) is 3.37. The van der Waals surface area contributed by atoms with Crippen LogP contribution in [0.2, 0.25) is 0 Å². The van der Waals surface area contributed by atoms with Gasteiger partial charge in [0.2, 0.25) is 22.7 Å². The van der Waals surface area contributed by atoms with Crippen molar-refractivity contribution in [3.63, 3.8) is 0 Å². The van der Waals surface area contributed by atoms with Gasteiger partial charge in [0.1, 0.15) is 6.04 Å². The van der Waals surface area contributed by atoms with Gasteiger partial charge in [0.15, 0.2) is 6.04 Å². The Bertz CT molecular complexity index is 838. The van der Waals surface area contributed by atoms with Crippen LogP contribution in [0.3, 0.4) is 0 Å². The molecule has 2 aliphatic heterocycles. The number of amides is 2. The summed E-state index contributed by atoms with van der Waals surface area (Å²) in [5.74, 6) is 0.144. The Morgan fingerprint density at radius 3 is 2.91 bits per heavy atom. The fourth-order valence-corrected chi connectivity index (χ4v) is 3.86. The summed E-state index contributed by atoms with van der Waals surface area (Å²) in [6.07, 6.45) is 1.12. The van der Waals surface area contributed by atoms with Crippen molar-refractivity contribution in [3.05, 3.63) is 28.4 Å². The van der Waals surface area contributed by atoms with Crippen LogP contribution in [-0.4, -0.2) is 50.7 Å². The van der Waals surface area contributed by atoms with Crippen LogP contribution in [0, 0.1) is 0 Å². The summed E-state index contributed by atoms with van der Waals surface area (Å²) in [5.41, 5.74) is 2.04. The summed E-state index contributed by atoms with van der Waals surface area (Å²) in [5, 5.41) is 7.91. The molecule has 2 atom stereocenters. The number of carbonyl (C=O) groups is 1. The topological polar surface area (TPSA) is 142 Å². The van der Waals surface area contributed by atoms with Crippen molar-refractivity contribution in [2.45, 2.75) is 12.1 Å². The number of hydrogen-bond acceptors (Lipinski definition) is 10. The number of carbonyl (C=O) groups excluding carboxylic acids is 1. The van der Waals surface area contributed by atoms with Crippen LogP contribution < -0.4 is 29.6 Å². The van der Waals surface area contributed by atoms with Gasteiger partial charge in [-0.25, -0.2) is 18.2 Å². The van der Waals surface area contributed by atoms with Gasteiger partial charge in [0.25, 0.3) is 0 Å². The molecule has 0 radical (unpaired) electrons. The first-order chi connectivity index (χ1) is 10.5. The first-order valence-electron chi connectivity index (χ1n) is 5.90. The number of fused-ring (bicyclic) bond motifs is 4. The molecule has 2 aromatic heterocycles. The quantitative estimate of drug-likeness (QED) is 0.311. The number of aromatic nitrogens is 3. The molecule has 4 rings (SSSR count). The summed E-state index contributed by atoms with van der Waals surface area (Å²) in [7, 11) is -5.07. The smallest absolute Gasteiger partial charge is 0.724 e. The van der Waals surface area contributed by atoms with E-state index in [1.165, 1.54) is 16.2 Å². The van der Waals surface area contributed by atoms with Crippen molar-refractivity contribution in [2.75, 3.05) is 6.54 Å². The first-order valence-corrected chi connectivity index (χ1v) is 8.11. The van der Waals surface area contributed by atoms with Crippen molar-refractivity contribution < 1.29 is 56.0 Å². The molecular weight excluding hydrogens is 361 g/mol. The van der Waals surface area contributed by atoms with Gasteiger partial charge in [0.05, 0.1) is 22.6 Å². The molecule has 1 fully saturated rings. The van der Waals surface area contributed by atoms with Crippen LogP contribution in [0.4, 0.5) is 4.79 Å². The Morgan fingerprint density at radius 2 is 2.26 bits per heavy atom. The van der Waals surface area contributed by atoms with Gasteiger partial charge in [0, 0.05) is 0 Å². The van der Waals surface area contributed by atoms with Crippen LogP contribution in [0.1, 0.15) is 28.5 Å². The molecule has 2 amide bonds. The fourth-order valence-electron chi connectivity index (χ4n) is 2.60. The molecule has 23 heavy (non-hydrogen) atoms. The monoisotopic (exact) mass is 367 g/mol. The molecule has 4 heterocycles. The van der Waals surface area contributed by atoms with Gasteiger partial charge in [-0.05, 0) is 0 Å². The van der Waals surface area contributed by atoms with Gasteiger partial charge in [-0.1, -0.05) is 0 Å². The zero-order valence-electron chi connectivity index (χ0n) is 11.5.